The Morgan fingerprint density at radius 2 is 1.53 bits per heavy atom. The number of aliphatic carboxylic acids is 1. The molecule has 32 heavy (non-hydrogen) atoms. The van der Waals surface area contributed by atoms with E-state index in [1.807, 2.05) is 43.3 Å². The zero-order valence-electron chi connectivity index (χ0n) is 18.6. The van der Waals surface area contributed by atoms with Crippen LogP contribution in [0.1, 0.15) is 50.7 Å². The van der Waals surface area contributed by atoms with Gasteiger partial charge >= 0.3 is 12.1 Å². The third-order valence-corrected chi connectivity index (χ3v) is 5.84. The first-order chi connectivity index (χ1) is 15.3. The largest absolute Gasteiger partial charge is 0.480 e. The lowest BCUT2D eigenvalue weighted by Gasteiger charge is -2.21. The van der Waals surface area contributed by atoms with Gasteiger partial charge in [0.1, 0.15) is 12.6 Å². The number of carbonyl (C=O) groups excluding carboxylic acids is 2. The molecule has 1 aliphatic carbocycles. The van der Waals surface area contributed by atoms with Crippen LogP contribution < -0.4 is 10.6 Å². The summed E-state index contributed by atoms with van der Waals surface area (Å²) in [5.41, 5.74) is 4.55. The molecule has 7 heteroatoms. The molecule has 0 bridgehead atoms. The van der Waals surface area contributed by atoms with Gasteiger partial charge in [-0.25, -0.2) is 9.59 Å². The molecule has 2 amide bonds. The van der Waals surface area contributed by atoms with Crippen LogP contribution in [0.4, 0.5) is 4.79 Å². The van der Waals surface area contributed by atoms with Gasteiger partial charge < -0.3 is 20.5 Å². The zero-order chi connectivity index (χ0) is 23.3. The predicted octanol–water partition coefficient (Wildman–Crippen LogP) is 3.92. The number of hydrogen-bond donors (Lipinski definition) is 3. The molecule has 2 atom stereocenters. The number of alkyl carbamates (subject to hydrolysis) is 1. The highest BCUT2D eigenvalue weighted by molar-refractivity contribution is 5.84. The van der Waals surface area contributed by atoms with Crippen LogP contribution in [0.15, 0.2) is 48.5 Å². The molecule has 3 N–H and O–H groups in total. The lowest BCUT2D eigenvalue weighted by molar-refractivity contribution is -0.143. The number of fused-ring (bicyclic) bond motifs is 3. The minimum Gasteiger partial charge on any atom is -0.480 e. The number of hydrogen-bond acceptors (Lipinski definition) is 4. The van der Waals surface area contributed by atoms with Crippen LogP contribution in [0, 0.1) is 5.92 Å². The molecule has 2 aromatic rings. The second-order valence-corrected chi connectivity index (χ2v) is 8.41. The predicted molar refractivity (Wildman–Crippen MR) is 121 cm³/mol. The molecule has 0 unspecified atom stereocenters. The third-order valence-electron chi connectivity index (χ3n) is 5.84. The summed E-state index contributed by atoms with van der Waals surface area (Å²) < 4.78 is 5.54. The van der Waals surface area contributed by atoms with Crippen molar-refractivity contribution in [3.63, 3.8) is 0 Å². The molecule has 0 spiro atoms. The van der Waals surface area contributed by atoms with Gasteiger partial charge in [0.2, 0.25) is 5.91 Å². The average Bonchev–Trinajstić information content (AvgIpc) is 3.09. The molecular weight excluding hydrogens is 408 g/mol. The van der Waals surface area contributed by atoms with Crippen LogP contribution >= 0.6 is 0 Å². The van der Waals surface area contributed by atoms with Gasteiger partial charge in [0.25, 0.3) is 0 Å². The second kappa shape index (κ2) is 10.3. The Morgan fingerprint density at radius 3 is 2.03 bits per heavy atom. The summed E-state index contributed by atoms with van der Waals surface area (Å²) in [6, 6.07) is 14.8. The molecule has 3 rings (SSSR count). The fourth-order valence-electron chi connectivity index (χ4n) is 4.07. The van der Waals surface area contributed by atoms with E-state index in [4.69, 9.17) is 4.74 Å². The molecule has 0 aliphatic heterocycles. The van der Waals surface area contributed by atoms with Crippen molar-refractivity contribution in [3.8, 4) is 11.1 Å². The van der Waals surface area contributed by atoms with Gasteiger partial charge in [0, 0.05) is 18.4 Å². The van der Waals surface area contributed by atoms with E-state index < -0.39 is 30.1 Å². The van der Waals surface area contributed by atoms with E-state index in [0.29, 0.717) is 6.42 Å². The summed E-state index contributed by atoms with van der Waals surface area (Å²) in [4.78, 5) is 36.0. The zero-order valence-corrected chi connectivity index (χ0v) is 18.6. The number of amides is 2. The number of carboxylic acids is 1. The van der Waals surface area contributed by atoms with Crippen molar-refractivity contribution in [2.45, 2.75) is 51.6 Å². The van der Waals surface area contributed by atoms with Crippen molar-refractivity contribution in [2.24, 2.45) is 5.92 Å². The van der Waals surface area contributed by atoms with Gasteiger partial charge in [-0.1, -0.05) is 69.3 Å². The SMILES string of the molecule is CC[C@@H](CC(=O)N[C@H](C(=O)O)C(C)C)NC(=O)OCC1c2ccccc2-c2ccccc21. The van der Waals surface area contributed by atoms with Crippen molar-refractivity contribution in [1.82, 2.24) is 10.6 Å². The highest BCUT2D eigenvalue weighted by Crippen LogP contribution is 2.44. The summed E-state index contributed by atoms with van der Waals surface area (Å²) in [6.07, 6.45) is -0.0982. The maximum atomic E-state index is 12.5. The van der Waals surface area contributed by atoms with Gasteiger partial charge in [0.15, 0.2) is 0 Å². The Balaban J connectivity index is 1.57. The molecule has 0 aromatic heterocycles. The summed E-state index contributed by atoms with van der Waals surface area (Å²) in [5, 5.41) is 14.5. The topological polar surface area (TPSA) is 105 Å². The van der Waals surface area contributed by atoms with Gasteiger partial charge in [0.05, 0.1) is 0 Å². The number of ether oxygens (including phenoxy) is 1. The highest BCUT2D eigenvalue weighted by atomic mass is 16.5. The van der Waals surface area contributed by atoms with Crippen molar-refractivity contribution in [1.29, 1.82) is 0 Å². The lowest BCUT2D eigenvalue weighted by Crippen LogP contribution is -2.47. The van der Waals surface area contributed by atoms with Crippen molar-refractivity contribution in [3.05, 3.63) is 59.7 Å². The van der Waals surface area contributed by atoms with E-state index in [9.17, 15) is 19.5 Å². The van der Waals surface area contributed by atoms with E-state index in [-0.39, 0.29) is 24.9 Å². The lowest BCUT2D eigenvalue weighted by atomic mass is 9.98. The third kappa shape index (κ3) is 5.28. The van der Waals surface area contributed by atoms with Crippen LogP contribution in [-0.2, 0) is 14.3 Å². The van der Waals surface area contributed by atoms with Crippen molar-refractivity contribution in [2.75, 3.05) is 6.61 Å². The molecule has 1 aliphatic rings. The molecular formula is C25H30N2O5. The van der Waals surface area contributed by atoms with Gasteiger partial charge in [-0.05, 0) is 34.6 Å². The maximum Gasteiger partial charge on any atom is 0.407 e. The maximum absolute atomic E-state index is 12.5. The van der Waals surface area contributed by atoms with Gasteiger partial charge in [-0.2, -0.15) is 0 Å². The quantitative estimate of drug-likeness (QED) is 0.550. The van der Waals surface area contributed by atoms with E-state index in [1.54, 1.807) is 13.8 Å². The Morgan fingerprint density at radius 1 is 0.969 bits per heavy atom. The minimum absolute atomic E-state index is 0.0167. The van der Waals surface area contributed by atoms with Gasteiger partial charge in [-0.3, -0.25) is 4.79 Å². The second-order valence-electron chi connectivity index (χ2n) is 8.41. The molecule has 2 aromatic carbocycles. The Bertz CT molecular complexity index is 942. The van der Waals surface area contributed by atoms with Crippen LogP contribution in [-0.4, -0.2) is 41.8 Å². The molecule has 7 nitrogen and oxygen atoms in total. The van der Waals surface area contributed by atoms with Gasteiger partial charge in [-0.15, -0.1) is 0 Å². The molecule has 0 heterocycles. The molecule has 170 valence electrons. The smallest absolute Gasteiger partial charge is 0.407 e. The summed E-state index contributed by atoms with van der Waals surface area (Å²) in [6.45, 7) is 5.49. The first-order valence-electron chi connectivity index (χ1n) is 11.0. The number of benzene rings is 2. The monoisotopic (exact) mass is 438 g/mol. The summed E-state index contributed by atoms with van der Waals surface area (Å²) in [5.74, 6) is -1.78. The molecule has 0 saturated heterocycles. The number of carbonyl (C=O) groups is 3. The number of nitrogens with one attached hydrogen (secondary N) is 2. The summed E-state index contributed by atoms with van der Waals surface area (Å²) in [7, 11) is 0. The highest BCUT2D eigenvalue weighted by Gasteiger charge is 2.29. The van der Waals surface area contributed by atoms with Crippen LogP contribution in [0.3, 0.4) is 0 Å². The van der Waals surface area contributed by atoms with Crippen LogP contribution in [0.25, 0.3) is 11.1 Å². The van der Waals surface area contributed by atoms with Crippen molar-refractivity contribution >= 4 is 18.0 Å². The normalized spacial score (nSPS) is 14.2. The molecule has 0 radical (unpaired) electrons. The average molecular weight is 439 g/mol. The first kappa shape index (κ1) is 23.3. The fraction of sp³-hybridized carbons (Fsp3) is 0.400. The standard InChI is InChI=1S/C25H30N2O5/c1-4-16(13-22(28)27-23(15(2)3)24(29)30)26-25(31)32-14-21-19-11-7-5-9-17(19)18-10-6-8-12-20(18)21/h5-12,15-16,21,23H,4,13-14H2,1-3H3,(H,26,31)(H,27,28)(H,29,30)/t16-,23-/m0/s1. The number of rotatable bonds is 9. The molecule has 0 fully saturated rings. The van der Waals surface area contributed by atoms with Crippen molar-refractivity contribution < 1.29 is 24.2 Å². The van der Waals surface area contributed by atoms with Crippen LogP contribution in [0.2, 0.25) is 0 Å². The van der Waals surface area contributed by atoms with E-state index in [1.165, 1.54) is 0 Å². The Hall–Kier alpha value is -3.35. The minimum atomic E-state index is -1.08. The van der Waals surface area contributed by atoms with E-state index in [0.717, 1.165) is 22.3 Å². The first-order valence-corrected chi connectivity index (χ1v) is 11.0. The Kier molecular flexibility index (Phi) is 7.51. The van der Waals surface area contributed by atoms with E-state index >= 15 is 0 Å². The van der Waals surface area contributed by atoms with Crippen LogP contribution in [0.5, 0.6) is 0 Å². The number of carboxylic acid groups (broad SMARTS) is 1. The summed E-state index contributed by atoms with van der Waals surface area (Å²) >= 11 is 0. The van der Waals surface area contributed by atoms with E-state index in [2.05, 4.69) is 22.8 Å². The fourth-order valence-corrected chi connectivity index (χ4v) is 4.07. The Labute approximate surface area is 188 Å². The molecule has 0 saturated carbocycles.